The van der Waals surface area contributed by atoms with Crippen LogP contribution >= 0.6 is 11.6 Å². The highest BCUT2D eigenvalue weighted by Gasteiger charge is 2.16. The third kappa shape index (κ3) is 3.44. The fourth-order valence-corrected chi connectivity index (χ4v) is 1.06. The molecule has 0 aliphatic heterocycles. The van der Waals surface area contributed by atoms with Crippen LogP contribution in [0, 0.1) is 12.3 Å². The second kappa shape index (κ2) is 5.17. The molecular formula is C9H8ClN3O2. The van der Waals surface area contributed by atoms with Crippen molar-refractivity contribution in [3.05, 3.63) is 17.5 Å². The Kier molecular flexibility index (Phi) is 3.89. The van der Waals surface area contributed by atoms with Gasteiger partial charge in [-0.15, -0.1) is 12.3 Å². The van der Waals surface area contributed by atoms with Crippen molar-refractivity contribution in [1.82, 2.24) is 9.97 Å². The predicted octanol–water partition coefficient (Wildman–Crippen LogP) is 1.02. The van der Waals surface area contributed by atoms with E-state index in [9.17, 15) is 4.79 Å². The number of nitrogens with one attached hydrogen (secondary N) is 1. The largest absolute Gasteiger partial charge is 0.480 e. The smallest absolute Gasteiger partial charge is 0.327 e. The SMILES string of the molecule is C#CCC(Nc1cncc(Cl)n1)C(=O)O. The average Bonchev–Trinajstić information content (AvgIpc) is 2.17. The van der Waals surface area contributed by atoms with Crippen LogP contribution in [-0.2, 0) is 4.79 Å². The van der Waals surface area contributed by atoms with E-state index in [0.29, 0.717) is 0 Å². The number of rotatable bonds is 4. The molecule has 2 N–H and O–H groups in total. The molecule has 0 spiro atoms. The molecule has 78 valence electrons. The van der Waals surface area contributed by atoms with Crippen LogP contribution in [0.3, 0.4) is 0 Å². The lowest BCUT2D eigenvalue weighted by atomic mass is 10.2. The zero-order valence-electron chi connectivity index (χ0n) is 7.64. The van der Waals surface area contributed by atoms with Gasteiger partial charge in [0.1, 0.15) is 17.0 Å². The maximum Gasteiger partial charge on any atom is 0.327 e. The van der Waals surface area contributed by atoms with Gasteiger partial charge in [0.15, 0.2) is 0 Å². The molecule has 1 aromatic heterocycles. The molecule has 0 aliphatic rings. The predicted molar refractivity (Wildman–Crippen MR) is 55.5 cm³/mol. The zero-order chi connectivity index (χ0) is 11.3. The second-order valence-corrected chi connectivity index (χ2v) is 3.06. The summed E-state index contributed by atoms with van der Waals surface area (Å²) in [7, 11) is 0. The minimum atomic E-state index is -1.05. The summed E-state index contributed by atoms with van der Waals surface area (Å²) in [6.07, 6.45) is 7.82. The summed E-state index contributed by atoms with van der Waals surface area (Å²) in [4.78, 5) is 18.3. The topological polar surface area (TPSA) is 75.1 Å². The molecule has 0 bridgehead atoms. The highest BCUT2D eigenvalue weighted by atomic mass is 35.5. The number of nitrogens with zero attached hydrogens (tertiary/aromatic N) is 2. The maximum atomic E-state index is 10.7. The Morgan fingerprint density at radius 1 is 1.73 bits per heavy atom. The van der Waals surface area contributed by atoms with Gasteiger partial charge in [-0.3, -0.25) is 4.98 Å². The number of carbonyl (C=O) groups is 1. The van der Waals surface area contributed by atoms with Crippen LogP contribution < -0.4 is 5.32 Å². The van der Waals surface area contributed by atoms with Gasteiger partial charge in [-0.1, -0.05) is 11.6 Å². The molecule has 0 saturated heterocycles. The Balaban J connectivity index is 2.75. The van der Waals surface area contributed by atoms with Crippen LogP contribution in [0.2, 0.25) is 5.15 Å². The van der Waals surface area contributed by atoms with E-state index >= 15 is 0 Å². The standard InChI is InChI=1S/C9H8ClN3O2/c1-2-3-6(9(14)15)12-8-5-11-4-7(10)13-8/h1,4-6H,3H2,(H,12,13)(H,14,15). The van der Waals surface area contributed by atoms with Gasteiger partial charge in [-0.2, -0.15) is 0 Å². The summed E-state index contributed by atoms with van der Waals surface area (Å²) in [5, 5.41) is 11.6. The summed E-state index contributed by atoms with van der Waals surface area (Å²) >= 11 is 5.58. The van der Waals surface area contributed by atoms with Crippen molar-refractivity contribution < 1.29 is 9.90 Å². The maximum absolute atomic E-state index is 10.7. The second-order valence-electron chi connectivity index (χ2n) is 2.67. The van der Waals surface area contributed by atoms with E-state index in [1.807, 2.05) is 0 Å². The van der Waals surface area contributed by atoms with Crippen LogP contribution in [-0.4, -0.2) is 27.1 Å². The first-order valence-corrected chi connectivity index (χ1v) is 4.41. The first-order chi connectivity index (χ1) is 7.13. The van der Waals surface area contributed by atoms with Gasteiger partial charge in [0.25, 0.3) is 0 Å². The van der Waals surface area contributed by atoms with Crippen molar-refractivity contribution in [1.29, 1.82) is 0 Å². The molecule has 6 heteroatoms. The summed E-state index contributed by atoms with van der Waals surface area (Å²) < 4.78 is 0. The lowest BCUT2D eigenvalue weighted by molar-refractivity contribution is -0.137. The highest BCUT2D eigenvalue weighted by Crippen LogP contribution is 2.09. The molecule has 1 rings (SSSR count). The van der Waals surface area contributed by atoms with Crippen LogP contribution in [0.5, 0.6) is 0 Å². The monoisotopic (exact) mass is 225 g/mol. The Morgan fingerprint density at radius 2 is 2.47 bits per heavy atom. The fraction of sp³-hybridized carbons (Fsp3) is 0.222. The molecule has 0 fully saturated rings. The van der Waals surface area contributed by atoms with E-state index in [4.69, 9.17) is 23.1 Å². The molecule has 1 aromatic rings. The number of carboxylic acids is 1. The summed E-state index contributed by atoms with van der Waals surface area (Å²) in [6, 6.07) is -0.886. The minimum Gasteiger partial charge on any atom is -0.480 e. The summed E-state index contributed by atoms with van der Waals surface area (Å²) in [5.74, 6) is 1.50. The third-order valence-electron chi connectivity index (χ3n) is 1.55. The summed E-state index contributed by atoms with van der Waals surface area (Å²) in [6.45, 7) is 0. The van der Waals surface area contributed by atoms with E-state index in [-0.39, 0.29) is 17.4 Å². The third-order valence-corrected chi connectivity index (χ3v) is 1.73. The molecule has 0 saturated carbocycles. The van der Waals surface area contributed by atoms with Crippen molar-refractivity contribution >= 4 is 23.4 Å². The van der Waals surface area contributed by atoms with E-state index < -0.39 is 12.0 Å². The first-order valence-electron chi connectivity index (χ1n) is 4.04. The molecule has 1 atom stereocenters. The number of aliphatic carboxylic acids is 1. The number of hydrogen-bond donors (Lipinski definition) is 2. The quantitative estimate of drug-likeness (QED) is 0.749. The molecule has 0 amide bonds. The van der Waals surface area contributed by atoms with Crippen molar-refractivity contribution in [2.45, 2.75) is 12.5 Å². The molecule has 5 nitrogen and oxygen atoms in total. The number of aromatic nitrogens is 2. The molecule has 0 aliphatic carbocycles. The Morgan fingerprint density at radius 3 is 3.00 bits per heavy atom. The van der Waals surface area contributed by atoms with Crippen LogP contribution in [0.15, 0.2) is 12.4 Å². The average molecular weight is 226 g/mol. The lowest BCUT2D eigenvalue weighted by Gasteiger charge is -2.11. The number of anilines is 1. The van der Waals surface area contributed by atoms with Gasteiger partial charge in [-0.05, 0) is 0 Å². The van der Waals surface area contributed by atoms with Gasteiger partial charge in [0.05, 0.1) is 12.4 Å². The van der Waals surface area contributed by atoms with E-state index in [1.165, 1.54) is 12.4 Å². The lowest BCUT2D eigenvalue weighted by Crippen LogP contribution is -2.29. The minimum absolute atomic E-state index is 0.0591. The van der Waals surface area contributed by atoms with Gasteiger partial charge < -0.3 is 10.4 Å². The number of halogens is 1. The van der Waals surface area contributed by atoms with Crippen molar-refractivity contribution in [3.63, 3.8) is 0 Å². The zero-order valence-corrected chi connectivity index (χ0v) is 8.40. The van der Waals surface area contributed by atoms with Crippen LogP contribution in [0.25, 0.3) is 0 Å². The molecule has 1 heterocycles. The highest BCUT2D eigenvalue weighted by molar-refractivity contribution is 6.29. The summed E-state index contributed by atoms with van der Waals surface area (Å²) in [5.41, 5.74) is 0. The molecule has 0 radical (unpaired) electrons. The molecule has 1 unspecified atom stereocenters. The van der Waals surface area contributed by atoms with Gasteiger partial charge >= 0.3 is 5.97 Å². The molecule has 15 heavy (non-hydrogen) atoms. The van der Waals surface area contributed by atoms with Crippen molar-refractivity contribution in [2.75, 3.05) is 5.32 Å². The van der Waals surface area contributed by atoms with Crippen molar-refractivity contribution in [2.24, 2.45) is 0 Å². The number of terminal acetylenes is 1. The van der Waals surface area contributed by atoms with Gasteiger partial charge in [-0.25, -0.2) is 9.78 Å². The normalized spacial score (nSPS) is 11.5. The van der Waals surface area contributed by atoms with Crippen molar-refractivity contribution in [3.8, 4) is 12.3 Å². The fourth-order valence-electron chi connectivity index (χ4n) is 0.908. The molecule has 0 aromatic carbocycles. The van der Waals surface area contributed by atoms with E-state index in [1.54, 1.807) is 0 Å². The van der Waals surface area contributed by atoms with Gasteiger partial charge in [0.2, 0.25) is 0 Å². The van der Waals surface area contributed by atoms with E-state index in [0.717, 1.165) is 0 Å². The first kappa shape index (κ1) is 11.3. The Labute approximate surface area is 91.5 Å². The van der Waals surface area contributed by atoms with Gasteiger partial charge in [0, 0.05) is 6.42 Å². The van der Waals surface area contributed by atoms with Crippen LogP contribution in [0.4, 0.5) is 5.82 Å². The Bertz CT molecular complexity index is 403. The van der Waals surface area contributed by atoms with E-state index in [2.05, 4.69) is 21.2 Å². The molecular weight excluding hydrogens is 218 g/mol. The number of carboxylic acid groups (broad SMARTS) is 1. The Hall–Kier alpha value is -1.80. The van der Waals surface area contributed by atoms with Crippen LogP contribution in [0.1, 0.15) is 6.42 Å². The number of hydrogen-bond acceptors (Lipinski definition) is 4.